The summed E-state index contributed by atoms with van der Waals surface area (Å²) in [5, 5.41) is 12.2. The molecule has 1 atom stereocenters. The fourth-order valence-corrected chi connectivity index (χ4v) is 2.21. The van der Waals surface area contributed by atoms with Gasteiger partial charge in [-0.1, -0.05) is 5.16 Å². The monoisotopic (exact) mass is 184 g/mol. The lowest BCUT2D eigenvalue weighted by Gasteiger charge is -2.31. The predicted octanol–water partition coefficient (Wildman–Crippen LogP) is 0.701. The fraction of sp³-hybridized carbons (Fsp3) is 0.889. The minimum Gasteiger partial charge on any atom is -0.411 e. The predicted molar refractivity (Wildman–Crippen MR) is 49.3 cm³/mol. The summed E-state index contributed by atoms with van der Waals surface area (Å²) >= 11 is 0. The summed E-state index contributed by atoms with van der Waals surface area (Å²) in [6.07, 6.45) is 3.25. The summed E-state index contributed by atoms with van der Waals surface area (Å²) in [6, 6.07) is 0.383. The Morgan fingerprint density at radius 3 is 2.85 bits per heavy atom. The fourth-order valence-electron chi connectivity index (χ4n) is 2.21. The number of nitrogens with zero attached hydrogens (tertiary/aromatic N) is 2. The van der Waals surface area contributed by atoms with E-state index in [4.69, 9.17) is 9.94 Å². The molecule has 2 fully saturated rings. The lowest BCUT2D eigenvalue weighted by molar-refractivity contribution is 0.0287. The summed E-state index contributed by atoms with van der Waals surface area (Å²) in [6.45, 7) is 3.58. The Labute approximate surface area is 78.2 Å². The minimum atomic E-state index is 0.383. The first-order valence-corrected chi connectivity index (χ1v) is 4.94. The summed E-state index contributed by atoms with van der Waals surface area (Å²) in [5.74, 6) is 0. The van der Waals surface area contributed by atoms with Crippen LogP contribution in [0.25, 0.3) is 0 Å². The molecule has 0 amide bonds. The van der Waals surface area contributed by atoms with Crippen LogP contribution in [0, 0.1) is 0 Å². The SMILES string of the molecule is O/N=C1\CCCC1N1CCOCC1. The van der Waals surface area contributed by atoms with E-state index in [1.165, 1.54) is 0 Å². The van der Waals surface area contributed by atoms with Crippen LogP contribution >= 0.6 is 0 Å². The number of rotatable bonds is 1. The summed E-state index contributed by atoms with van der Waals surface area (Å²) in [7, 11) is 0. The molecule has 1 N–H and O–H groups in total. The summed E-state index contributed by atoms with van der Waals surface area (Å²) in [4.78, 5) is 2.37. The molecule has 4 nitrogen and oxygen atoms in total. The van der Waals surface area contributed by atoms with E-state index in [1.54, 1.807) is 0 Å². The van der Waals surface area contributed by atoms with Crippen LogP contribution in [0.2, 0.25) is 0 Å². The second-order valence-corrected chi connectivity index (χ2v) is 3.65. The van der Waals surface area contributed by atoms with Gasteiger partial charge in [-0.3, -0.25) is 4.90 Å². The summed E-state index contributed by atoms with van der Waals surface area (Å²) < 4.78 is 5.28. The third-order valence-electron chi connectivity index (χ3n) is 2.91. The third kappa shape index (κ3) is 1.84. The lowest BCUT2D eigenvalue weighted by atomic mass is 10.2. The molecule has 74 valence electrons. The average Bonchev–Trinajstić information content (AvgIpc) is 2.67. The molecule has 2 rings (SSSR count). The largest absolute Gasteiger partial charge is 0.411 e. The smallest absolute Gasteiger partial charge is 0.0742 e. The molecule has 1 aliphatic heterocycles. The molecule has 1 unspecified atom stereocenters. The molecule has 0 radical (unpaired) electrons. The maximum atomic E-state index is 8.80. The second kappa shape index (κ2) is 4.07. The van der Waals surface area contributed by atoms with Gasteiger partial charge in [0.25, 0.3) is 0 Å². The van der Waals surface area contributed by atoms with Crippen molar-refractivity contribution in [1.82, 2.24) is 4.90 Å². The van der Waals surface area contributed by atoms with Gasteiger partial charge in [0.1, 0.15) is 0 Å². The maximum Gasteiger partial charge on any atom is 0.0742 e. The first-order chi connectivity index (χ1) is 6.42. The van der Waals surface area contributed by atoms with E-state index in [2.05, 4.69) is 10.1 Å². The van der Waals surface area contributed by atoms with E-state index in [0.29, 0.717) is 6.04 Å². The van der Waals surface area contributed by atoms with Crippen molar-refractivity contribution in [3.05, 3.63) is 0 Å². The second-order valence-electron chi connectivity index (χ2n) is 3.65. The van der Waals surface area contributed by atoms with Crippen LogP contribution in [0.4, 0.5) is 0 Å². The maximum absolute atomic E-state index is 8.80. The minimum absolute atomic E-state index is 0.383. The quantitative estimate of drug-likeness (QED) is 0.482. The van der Waals surface area contributed by atoms with Crippen LogP contribution in [0.5, 0.6) is 0 Å². The van der Waals surface area contributed by atoms with Crippen molar-refractivity contribution in [2.45, 2.75) is 25.3 Å². The van der Waals surface area contributed by atoms with Crippen molar-refractivity contribution < 1.29 is 9.94 Å². The van der Waals surface area contributed by atoms with Crippen LogP contribution in [0.15, 0.2) is 5.16 Å². The van der Waals surface area contributed by atoms with Crippen LogP contribution in [0.3, 0.4) is 0 Å². The van der Waals surface area contributed by atoms with E-state index in [0.717, 1.165) is 51.3 Å². The molecular formula is C9H16N2O2. The molecule has 1 saturated carbocycles. The first kappa shape index (κ1) is 8.97. The van der Waals surface area contributed by atoms with Gasteiger partial charge in [-0.2, -0.15) is 0 Å². The van der Waals surface area contributed by atoms with Gasteiger partial charge in [-0.05, 0) is 19.3 Å². The van der Waals surface area contributed by atoms with Gasteiger partial charge < -0.3 is 9.94 Å². The molecule has 0 aromatic rings. The van der Waals surface area contributed by atoms with Crippen molar-refractivity contribution >= 4 is 5.71 Å². The van der Waals surface area contributed by atoms with E-state index in [1.807, 2.05) is 0 Å². The standard InChI is InChI=1S/C9H16N2O2/c12-10-8-2-1-3-9(8)11-4-6-13-7-5-11/h9,12H,1-7H2/b10-8+. The molecule has 2 aliphatic rings. The topological polar surface area (TPSA) is 45.1 Å². The lowest BCUT2D eigenvalue weighted by Crippen LogP contribution is -2.45. The summed E-state index contributed by atoms with van der Waals surface area (Å²) in [5.41, 5.74) is 0.960. The highest BCUT2D eigenvalue weighted by atomic mass is 16.5. The van der Waals surface area contributed by atoms with Crippen molar-refractivity contribution in [3.8, 4) is 0 Å². The van der Waals surface area contributed by atoms with Crippen LogP contribution in [-0.4, -0.2) is 48.2 Å². The van der Waals surface area contributed by atoms with Gasteiger partial charge in [0.2, 0.25) is 0 Å². The Bertz CT molecular complexity index is 200. The molecule has 1 saturated heterocycles. The van der Waals surface area contributed by atoms with E-state index < -0.39 is 0 Å². The zero-order chi connectivity index (χ0) is 9.10. The molecule has 0 aromatic heterocycles. The Hall–Kier alpha value is -0.610. The van der Waals surface area contributed by atoms with Crippen LogP contribution in [0.1, 0.15) is 19.3 Å². The number of hydrogen-bond donors (Lipinski definition) is 1. The highest BCUT2D eigenvalue weighted by Crippen LogP contribution is 2.22. The number of morpholine rings is 1. The van der Waals surface area contributed by atoms with E-state index >= 15 is 0 Å². The van der Waals surface area contributed by atoms with E-state index in [9.17, 15) is 0 Å². The van der Waals surface area contributed by atoms with Gasteiger partial charge >= 0.3 is 0 Å². The molecule has 0 spiro atoms. The van der Waals surface area contributed by atoms with Gasteiger partial charge in [0.15, 0.2) is 0 Å². The zero-order valence-corrected chi connectivity index (χ0v) is 7.78. The average molecular weight is 184 g/mol. The van der Waals surface area contributed by atoms with Crippen molar-refractivity contribution in [2.75, 3.05) is 26.3 Å². The molecule has 13 heavy (non-hydrogen) atoms. The molecule has 1 aliphatic carbocycles. The normalized spacial score (nSPS) is 34.2. The van der Waals surface area contributed by atoms with Gasteiger partial charge in [0, 0.05) is 13.1 Å². The van der Waals surface area contributed by atoms with Gasteiger partial charge in [0.05, 0.1) is 25.0 Å². The van der Waals surface area contributed by atoms with Crippen molar-refractivity contribution in [3.63, 3.8) is 0 Å². The Balaban J connectivity index is 1.98. The Kier molecular flexibility index (Phi) is 2.80. The number of oxime groups is 1. The first-order valence-electron chi connectivity index (χ1n) is 4.94. The number of ether oxygens (including phenoxy) is 1. The molecule has 4 heteroatoms. The highest BCUT2D eigenvalue weighted by Gasteiger charge is 2.29. The van der Waals surface area contributed by atoms with Crippen molar-refractivity contribution in [1.29, 1.82) is 0 Å². The highest BCUT2D eigenvalue weighted by molar-refractivity contribution is 5.90. The molecule has 0 bridgehead atoms. The molecular weight excluding hydrogens is 168 g/mol. The molecule has 0 aromatic carbocycles. The van der Waals surface area contributed by atoms with Crippen LogP contribution < -0.4 is 0 Å². The van der Waals surface area contributed by atoms with Crippen LogP contribution in [-0.2, 0) is 4.74 Å². The molecule has 1 heterocycles. The third-order valence-corrected chi connectivity index (χ3v) is 2.91. The Morgan fingerprint density at radius 2 is 2.15 bits per heavy atom. The zero-order valence-electron chi connectivity index (χ0n) is 7.78. The van der Waals surface area contributed by atoms with Crippen molar-refractivity contribution in [2.24, 2.45) is 5.16 Å². The van der Waals surface area contributed by atoms with E-state index in [-0.39, 0.29) is 0 Å². The Morgan fingerprint density at radius 1 is 1.38 bits per heavy atom. The van der Waals surface area contributed by atoms with Gasteiger partial charge in [-0.15, -0.1) is 0 Å². The number of hydrogen-bond acceptors (Lipinski definition) is 4. The van der Waals surface area contributed by atoms with Gasteiger partial charge in [-0.25, -0.2) is 0 Å².